The maximum Gasteiger partial charge on any atom is 0.230 e. The van der Waals surface area contributed by atoms with Gasteiger partial charge in [-0.2, -0.15) is 0 Å². The Morgan fingerprint density at radius 3 is 2.74 bits per heavy atom. The average Bonchev–Trinajstić information content (AvgIpc) is 2.87. The van der Waals surface area contributed by atoms with Crippen LogP contribution in [0.1, 0.15) is 26.7 Å². The Morgan fingerprint density at radius 1 is 1.39 bits per heavy atom. The predicted octanol–water partition coefficient (Wildman–Crippen LogP) is 2.71. The molecule has 1 atom stereocenters. The van der Waals surface area contributed by atoms with Crippen LogP contribution in [0.4, 0.5) is 0 Å². The molecule has 8 heteroatoms. The summed E-state index contributed by atoms with van der Waals surface area (Å²) in [5.41, 5.74) is 0.817. The van der Waals surface area contributed by atoms with E-state index in [1.165, 1.54) is 16.4 Å². The normalized spacial score (nSPS) is 12.1. The molecule has 0 aliphatic carbocycles. The van der Waals surface area contributed by atoms with E-state index in [2.05, 4.69) is 22.4 Å². The maximum absolute atomic E-state index is 11.9. The SMILES string of the molecule is CCC[C@@H](C)NC(=O)CSc1nnc(-c2ccc(Cl)cc2)n1N. The summed E-state index contributed by atoms with van der Waals surface area (Å²) in [6, 6.07) is 7.35. The number of hydrogen-bond donors (Lipinski definition) is 2. The molecule has 6 nitrogen and oxygen atoms in total. The van der Waals surface area contributed by atoms with Gasteiger partial charge in [0.15, 0.2) is 5.82 Å². The molecule has 1 aromatic heterocycles. The number of halogens is 1. The third kappa shape index (κ3) is 4.87. The molecule has 0 saturated heterocycles. The molecule has 0 spiro atoms. The smallest absolute Gasteiger partial charge is 0.230 e. The topological polar surface area (TPSA) is 85.8 Å². The quantitative estimate of drug-likeness (QED) is 0.590. The number of nitrogen functional groups attached to an aromatic ring is 1. The summed E-state index contributed by atoms with van der Waals surface area (Å²) in [6.07, 6.45) is 2.00. The monoisotopic (exact) mass is 353 g/mol. The van der Waals surface area contributed by atoms with Crippen LogP contribution in [-0.2, 0) is 4.79 Å². The first-order chi connectivity index (χ1) is 11.0. The molecular weight excluding hydrogens is 334 g/mol. The highest BCUT2D eigenvalue weighted by atomic mass is 35.5. The van der Waals surface area contributed by atoms with Crippen LogP contribution < -0.4 is 11.2 Å². The van der Waals surface area contributed by atoms with Crippen LogP contribution in [0.15, 0.2) is 29.4 Å². The number of nitrogens with two attached hydrogens (primary N) is 1. The molecule has 0 unspecified atom stereocenters. The minimum atomic E-state index is -0.0352. The van der Waals surface area contributed by atoms with Gasteiger partial charge in [0, 0.05) is 16.6 Å². The molecule has 0 aliphatic rings. The number of amides is 1. The fourth-order valence-corrected chi connectivity index (χ4v) is 2.92. The number of nitrogens with one attached hydrogen (secondary N) is 1. The van der Waals surface area contributed by atoms with E-state index in [1.54, 1.807) is 12.1 Å². The number of rotatable bonds is 7. The zero-order valence-corrected chi connectivity index (χ0v) is 14.7. The van der Waals surface area contributed by atoms with Gasteiger partial charge in [0.1, 0.15) is 0 Å². The highest BCUT2D eigenvalue weighted by molar-refractivity contribution is 7.99. The second-order valence-corrected chi connectivity index (χ2v) is 6.61. The van der Waals surface area contributed by atoms with Crippen LogP contribution in [0, 0.1) is 0 Å². The Hall–Kier alpha value is -1.73. The summed E-state index contributed by atoms with van der Waals surface area (Å²) in [5, 5.41) is 12.2. The molecule has 1 amide bonds. The molecular formula is C15H20ClN5OS. The largest absolute Gasteiger partial charge is 0.353 e. The zero-order chi connectivity index (χ0) is 16.8. The molecule has 23 heavy (non-hydrogen) atoms. The van der Waals surface area contributed by atoms with Crippen molar-refractivity contribution in [2.75, 3.05) is 11.6 Å². The molecule has 0 saturated carbocycles. The van der Waals surface area contributed by atoms with Crippen LogP contribution in [-0.4, -0.2) is 32.6 Å². The van der Waals surface area contributed by atoms with Crippen LogP contribution in [0.25, 0.3) is 11.4 Å². The van der Waals surface area contributed by atoms with E-state index in [0.717, 1.165) is 18.4 Å². The Bertz CT molecular complexity index is 658. The molecule has 0 radical (unpaired) electrons. The fourth-order valence-electron chi connectivity index (χ4n) is 2.12. The van der Waals surface area contributed by atoms with E-state index in [-0.39, 0.29) is 17.7 Å². The van der Waals surface area contributed by atoms with Crippen molar-refractivity contribution >= 4 is 29.3 Å². The van der Waals surface area contributed by atoms with Crippen molar-refractivity contribution < 1.29 is 4.79 Å². The fraction of sp³-hybridized carbons (Fsp3) is 0.400. The first-order valence-corrected chi connectivity index (χ1v) is 8.76. The Kier molecular flexibility index (Phi) is 6.29. The van der Waals surface area contributed by atoms with Gasteiger partial charge >= 0.3 is 0 Å². The van der Waals surface area contributed by atoms with E-state index in [1.807, 2.05) is 19.1 Å². The lowest BCUT2D eigenvalue weighted by Gasteiger charge is -2.12. The summed E-state index contributed by atoms with van der Waals surface area (Å²) < 4.78 is 1.39. The van der Waals surface area contributed by atoms with E-state index in [0.29, 0.717) is 16.0 Å². The Morgan fingerprint density at radius 2 is 2.09 bits per heavy atom. The van der Waals surface area contributed by atoms with Crippen LogP contribution >= 0.6 is 23.4 Å². The second-order valence-electron chi connectivity index (χ2n) is 5.23. The minimum absolute atomic E-state index is 0.0352. The van der Waals surface area contributed by atoms with Crippen LogP contribution in [0.5, 0.6) is 0 Å². The lowest BCUT2D eigenvalue weighted by atomic mass is 10.2. The van der Waals surface area contributed by atoms with Gasteiger partial charge < -0.3 is 11.2 Å². The van der Waals surface area contributed by atoms with Gasteiger partial charge in [-0.1, -0.05) is 36.7 Å². The third-order valence-electron chi connectivity index (χ3n) is 3.23. The van der Waals surface area contributed by atoms with E-state index >= 15 is 0 Å². The molecule has 1 aromatic carbocycles. The standard InChI is InChI=1S/C15H20ClN5OS/c1-3-4-10(2)18-13(22)9-23-15-20-19-14(21(15)17)11-5-7-12(16)8-6-11/h5-8,10H,3-4,9,17H2,1-2H3,(H,18,22)/t10-/m1/s1. The number of nitrogens with zero attached hydrogens (tertiary/aromatic N) is 3. The number of aromatic nitrogens is 3. The van der Waals surface area contributed by atoms with Crippen molar-refractivity contribution in [3.8, 4) is 11.4 Å². The highest BCUT2D eigenvalue weighted by Gasteiger charge is 2.14. The Labute approximate surface area is 144 Å². The van der Waals surface area contributed by atoms with Gasteiger partial charge in [0.25, 0.3) is 0 Å². The summed E-state index contributed by atoms with van der Waals surface area (Å²) in [7, 11) is 0. The summed E-state index contributed by atoms with van der Waals surface area (Å²) in [6.45, 7) is 4.09. The van der Waals surface area contributed by atoms with E-state index in [9.17, 15) is 4.79 Å². The van der Waals surface area contributed by atoms with E-state index in [4.69, 9.17) is 17.4 Å². The molecule has 3 N–H and O–H groups in total. The van der Waals surface area contributed by atoms with Crippen molar-refractivity contribution in [1.29, 1.82) is 0 Å². The average molecular weight is 354 g/mol. The van der Waals surface area contributed by atoms with Crippen LogP contribution in [0.3, 0.4) is 0 Å². The molecule has 0 aliphatic heterocycles. The molecule has 0 fully saturated rings. The lowest BCUT2D eigenvalue weighted by molar-refractivity contribution is -0.119. The molecule has 2 rings (SSSR count). The van der Waals surface area contributed by atoms with Crippen molar-refractivity contribution in [3.05, 3.63) is 29.3 Å². The first kappa shape index (κ1) is 17.6. The van der Waals surface area contributed by atoms with Gasteiger partial charge in [-0.25, -0.2) is 4.68 Å². The minimum Gasteiger partial charge on any atom is -0.353 e. The van der Waals surface area contributed by atoms with Gasteiger partial charge in [-0.15, -0.1) is 10.2 Å². The molecule has 2 aromatic rings. The Balaban J connectivity index is 1.97. The third-order valence-corrected chi connectivity index (χ3v) is 4.42. The van der Waals surface area contributed by atoms with E-state index < -0.39 is 0 Å². The molecule has 1 heterocycles. The maximum atomic E-state index is 11.9. The summed E-state index contributed by atoms with van der Waals surface area (Å²) in [4.78, 5) is 11.9. The molecule has 0 bridgehead atoms. The highest BCUT2D eigenvalue weighted by Crippen LogP contribution is 2.22. The first-order valence-electron chi connectivity index (χ1n) is 7.39. The van der Waals surface area contributed by atoms with Gasteiger partial charge in [0.05, 0.1) is 5.75 Å². The second kappa shape index (κ2) is 8.21. The summed E-state index contributed by atoms with van der Waals surface area (Å²) in [5.74, 6) is 6.76. The lowest BCUT2D eigenvalue weighted by Crippen LogP contribution is -2.33. The van der Waals surface area contributed by atoms with Crippen molar-refractivity contribution in [1.82, 2.24) is 20.2 Å². The van der Waals surface area contributed by atoms with Crippen molar-refractivity contribution in [3.63, 3.8) is 0 Å². The predicted molar refractivity (Wildman–Crippen MR) is 93.9 cm³/mol. The van der Waals surface area contributed by atoms with Crippen LogP contribution in [0.2, 0.25) is 5.02 Å². The number of hydrogen-bond acceptors (Lipinski definition) is 5. The number of thioether (sulfide) groups is 1. The number of carbonyl (C=O) groups is 1. The van der Waals surface area contributed by atoms with Gasteiger partial charge in [-0.05, 0) is 37.6 Å². The number of carbonyl (C=O) groups excluding carboxylic acids is 1. The zero-order valence-electron chi connectivity index (χ0n) is 13.1. The van der Waals surface area contributed by atoms with Crippen molar-refractivity contribution in [2.24, 2.45) is 0 Å². The summed E-state index contributed by atoms with van der Waals surface area (Å²) >= 11 is 7.13. The van der Waals surface area contributed by atoms with Gasteiger partial charge in [-0.3, -0.25) is 4.79 Å². The molecule has 124 valence electrons. The van der Waals surface area contributed by atoms with Crippen molar-refractivity contribution in [2.45, 2.75) is 37.9 Å². The van der Waals surface area contributed by atoms with Gasteiger partial charge in [0.2, 0.25) is 11.1 Å². The number of benzene rings is 1.